The molecular formula is C8H12BrN3O3S. The van der Waals surface area contributed by atoms with Gasteiger partial charge in [-0.15, -0.1) is 0 Å². The van der Waals surface area contributed by atoms with Gasteiger partial charge in [-0.2, -0.15) is 0 Å². The summed E-state index contributed by atoms with van der Waals surface area (Å²) in [6, 6.07) is 0. The summed E-state index contributed by atoms with van der Waals surface area (Å²) >= 11 is 3.06. The smallest absolute Gasteiger partial charge is 0.267 e. The Labute approximate surface area is 102 Å². The van der Waals surface area contributed by atoms with Gasteiger partial charge in [0.05, 0.1) is 12.1 Å². The summed E-state index contributed by atoms with van der Waals surface area (Å²) in [7, 11) is -3.00. The predicted molar refractivity (Wildman–Crippen MR) is 65.4 cm³/mol. The molecule has 0 saturated carbocycles. The average Bonchev–Trinajstić information content (AvgIpc) is 2.24. The van der Waals surface area contributed by atoms with Crippen molar-refractivity contribution in [1.82, 2.24) is 9.97 Å². The van der Waals surface area contributed by atoms with Gasteiger partial charge in [0, 0.05) is 12.3 Å². The number of hydrogen-bond acceptors (Lipinski definition) is 5. The maximum absolute atomic E-state index is 11.2. The number of halogens is 1. The summed E-state index contributed by atoms with van der Waals surface area (Å²) in [5.74, 6) is 0.471. The van der Waals surface area contributed by atoms with Gasteiger partial charge in [-0.3, -0.25) is 4.79 Å². The van der Waals surface area contributed by atoms with E-state index >= 15 is 0 Å². The molecule has 0 amide bonds. The van der Waals surface area contributed by atoms with Gasteiger partial charge in [0.15, 0.2) is 9.84 Å². The lowest BCUT2D eigenvalue weighted by Gasteiger charge is -2.06. The molecule has 2 N–H and O–H groups in total. The SMILES string of the molecule is CCS(=O)(=O)CCNc1nc[nH]c(=O)c1Br. The molecule has 1 rings (SSSR count). The molecule has 8 heteroatoms. The molecule has 0 fully saturated rings. The Kier molecular flexibility index (Phi) is 4.48. The number of nitrogens with one attached hydrogen (secondary N) is 2. The van der Waals surface area contributed by atoms with Crippen LogP contribution in [0, 0.1) is 0 Å². The number of aromatic amines is 1. The zero-order valence-electron chi connectivity index (χ0n) is 8.66. The summed E-state index contributed by atoms with van der Waals surface area (Å²) in [6.45, 7) is 1.82. The minimum Gasteiger partial charge on any atom is -0.368 e. The van der Waals surface area contributed by atoms with Crippen molar-refractivity contribution in [2.24, 2.45) is 0 Å². The van der Waals surface area contributed by atoms with Gasteiger partial charge in [-0.05, 0) is 15.9 Å². The highest BCUT2D eigenvalue weighted by atomic mass is 79.9. The summed E-state index contributed by atoms with van der Waals surface area (Å²) in [5, 5.41) is 2.79. The third-order valence-corrected chi connectivity index (χ3v) is 4.38. The molecule has 6 nitrogen and oxygen atoms in total. The van der Waals surface area contributed by atoms with Gasteiger partial charge < -0.3 is 10.3 Å². The highest BCUT2D eigenvalue weighted by Crippen LogP contribution is 2.12. The molecule has 0 atom stereocenters. The summed E-state index contributed by atoms with van der Waals surface area (Å²) in [6.07, 6.45) is 1.25. The quantitative estimate of drug-likeness (QED) is 0.820. The molecular weight excluding hydrogens is 298 g/mol. The molecule has 0 saturated heterocycles. The van der Waals surface area contributed by atoms with Gasteiger partial charge in [-0.1, -0.05) is 6.92 Å². The van der Waals surface area contributed by atoms with E-state index in [0.717, 1.165) is 0 Å². The van der Waals surface area contributed by atoms with E-state index in [1.807, 2.05) is 0 Å². The number of aromatic nitrogens is 2. The Bertz CT molecular complexity index is 512. The Morgan fingerprint density at radius 1 is 1.56 bits per heavy atom. The number of anilines is 1. The predicted octanol–water partition coefficient (Wildman–Crippen LogP) is 0.379. The lowest BCUT2D eigenvalue weighted by Crippen LogP contribution is -2.19. The Morgan fingerprint density at radius 2 is 2.25 bits per heavy atom. The van der Waals surface area contributed by atoms with Crippen LogP contribution in [0.4, 0.5) is 5.82 Å². The Morgan fingerprint density at radius 3 is 2.88 bits per heavy atom. The van der Waals surface area contributed by atoms with E-state index in [9.17, 15) is 13.2 Å². The fraction of sp³-hybridized carbons (Fsp3) is 0.500. The fourth-order valence-electron chi connectivity index (χ4n) is 0.976. The van der Waals surface area contributed by atoms with Crippen LogP contribution in [-0.2, 0) is 9.84 Å². The van der Waals surface area contributed by atoms with E-state index in [2.05, 4.69) is 31.2 Å². The number of rotatable bonds is 5. The molecule has 0 spiro atoms. The molecule has 0 bridgehead atoms. The molecule has 0 aromatic carbocycles. The fourth-order valence-corrected chi connectivity index (χ4v) is 2.03. The largest absolute Gasteiger partial charge is 0.368 e. The monoisotopic (exact) mass is 309 g/mol. The zero-order chi connectivity index (χ0) is 12.2. The number of nitrogens with zero attached hydrogens (tertiary/aromatic N) is 1. The molecule has 1 aromatic heterocycles. The lowest BCUT2D eigenvalue weighted by molar-refractivity contribution is 0.597. The normalized spacial score (nSPS) is 11.4. The maximum Gasteiger partial charge on any atom is 0.267 e. The van der Waals surface area contributed by atoms with Crippen molar-refractivity contribution in [2.45, 2.75) is 6.92 Å². The van der Waals surface area contributed by atoms with E-state index in [1.54, 1.807) is 6.92 Å². The second kappa shape index (κ2) is 5.44. The highest BCUT2D eigenvalue weighted by Gasteiger charge is 2.08. The van der Waals surface area contributed by atoms with Crippen LogP contribution >= 0.6 is 15.9 Å². The first kappa shape index (κ1) is 13.2. The lowest BCUT2D eigenvalue weighted by atomic mass is 10.5. The summed E-state index contributed by atoms with van der Waals surface area (Å²) in [4.78, 5) is 17.4. The van der Waals surface area contributed by atoms with Crippen LogP contribution in [0.2, 0.25) is 0 Å². The van der Waals surface area contributed by atoms with Crippen molar-refractivity contribution in [3.8, 4) is 0 Å². The van der Waals surface area contributed by atoms with Gasteiger partial charge in [0.2, 0.25) is 0 Å². The van der Waals surface area contributed by atoms with Gasteiger partial charge in [-0.25, -0.2) is 13.4 Å². The first-order valence-electron chi connectivity index (χ1n) is 4.63. The molecule has 0 aliphatic carbocycles. The van der Waals surface area contributed by atoms with E-state index < -0.39 is 9.84 Å². The molecule has 16 heavy (non-hydrogen) atoms. The van der Waals surface area contributed by atoms with E-state index in [0.29, 0.717) is 5.82 Å². The maximum atomic E-state index is 11.2. The first-order valence-corrected chi connectivity index (χ1v) is 7.25. The Balaban J connectivity index is 2.63. The molecule has 0 aliphatic rings. The van der Waals surface area contributed by atoms with Gasteiger partial charge in [0.25, 0.3) is 5.56 Å². The van der Waals surface area contributed by atoms with Gasteiger partial charge >= 0.3 is 0 Å². The number of H-pyrrole nitrogens is 1. The van der Waals surface area contributed by atoms with Crippen LogP contribution in [0.15, 0.2) is 15.6 Å². The van der Waals surface area contributed by atoms with E-state index in [4.69, 9.17) is 0 Å². The Hall–Kier alpha value is -0.890. The van der Waals surface area contributed by atoms with Crippen molar-refractivity contribution in [3.05, 3.63) is 21.2 Å². The summed E-state index contributed by atoms with van der Waals surface area (Å²) < 4.78 is 22.7. The van der Waals surface area contributed by atoms with Crippen LogP contribution < -0.4 is 10.9 Å². The van der Waals surface area contributed by atoms with Crippen molar-refractivity contribution < 1.29 is 8.42 Å². The second-order valence-electron chi connectivity index (χ2n) is 3.06. The standard InChI is InChI=1S/C8H12BrN3O3S/c1-2-16(14,15)4-3-10-7-6(9)8(13)12-5-11-7/h5H,2-4H2,1H3,(H2,10,11,12,13). The summed E-state index contributed by atoms with van der Waals surface area (Å²) in [5.41, 5.74) is -0.309. The molecule has 1 aromatic rings. The third-order valence-electron chi connectivity index (χ3n) is 1.94. The van der Waals surface area contributed by atoms with E-state index in [1.165, 1.54) is 6.33 Å². The first-order chi connectivity index (χ1) is 7.46. The highest BCUT2D eigenvalue weighted by molar-refractivity contribution is 9.10. The van der Waals surface area contributed by atoms with Crippen LogP contribution in [0.3, 0.4) is 0 Å². The average molecular weight is 310 g/mol. The van der Waals surface area contributed by atoms with Crippen molar-refractivity contribution in [2.75, 3.05) is 23.4 Å². The molecule has 0 unspecified atom stereocenters. The van der Waals surface area contributed by atoms with E-state index in [-0.39, 0.29) is 28.1 Å². The minimum absolute atomic E-state index is 0.0183. The van der Waals surface area contributed by atoms with Gasteiger partial charge in [0.1, 0.15) is 10.3 Å². The topological polar surface area (TPSA) is 91.9 Å². The van der Waals surface area contributed by atoms with Crippen molar-refractivity contribution in [1.29, 1.82) is 0 Å². The number of hydrogen-bond donors (Lipinski definition) is 2. The zero-order valence-corrected chi connectivity index (χ0v) is 11.1. The minimum atomic E-state index is -3.00. The van der Waals surface area contributed by atoms with Crippen molar-refractivity contribution in [3.63, 3.8) is 0 Å². The van der Waals surface area contributed by atoms with Crippen LogP contribution in [-0.4, -0.2) is 36.4 Å². The van der Waals surface area contributed by atoms with Crippen molar-refractivity contribution >= 4 is 31.6 Å². The second-order valence-corrected chi connectivity index (χ2v) is 6.32. The molecule has 0 radical (unpaired) electrons. The molecule has 1 heterocycles. The molecule has 90 valence electrons. The number of sulfone groups is 1. The molecule has 0 aliphatic heterocycles. The van der Waals surface area contributed by atoms with Crippen LogP contribution in [0.1, 0.15) is 6.92 Å². The van der Waals surface area contributed by atoms with Crippen LogP contribution in [0.25, 0.3) is 0 Å². The van der Waals surface area contributed by atoms with Crippen LogP contribution in [0.5, 0.6) is 0 Å². The third kappa shape index (κ3) is 3.60.